The van der Waals surface area contributed by atoms with Crippen molar-refractivity contribution in [2.24, 2.45) is 0 Å². The Morgan fingerprint density at radius 2 is 1.79 bits per heavy atom. The van der Waals surface area contributed by atoms with Crippen molar-refractivity contribution in [1.82, 2.24) is 4.98 Å². The van der Waals surface area contributed by atoms with E-state index in [1.54, 1.807) is 18.3 Å². The van der Waals surface area contributed by atoms with E-state index in [9.17, 15) is 4.79 Å². The minimum absolute atomic E-state index is 0.00992. The van der Waals surface area contributed by atoms with E-state index in [-0.39, 0.29) is 11.3 Å². The summed E-state index contributed by atoms with van der Waals surface area (Å²) in [6.45, 7) is 6.47. The number of hydrogen-bond acceptors (Lipinski definition) is 4. The van der Waals surface area contributed by atoms with E-state index in [4.69, 9.17) is 10.5 Å². The summed E-state index contributed by atoms with van der Waals surface area (Å²) < 4.78 is 5.83. The molecule has 0 bridgehead atoms. The molecule has 1 heterocycles. The van der Waals surface area contributed by atoms with Gasteiger partial charge in [-0.05, 0) is 53.3 Å². The lowest BCUT2D eigenvalue weighted by atomic mass is 9.87. The first-order chi connectivity index (χ1) is 13.8. The monoisotopic (exact) mass is 389 g/mol. The summed E-state index contributed by atoms with van der Waals surface area (Å²) in [5.41, 5.74) is 8.78. The van der Waals surface area contributed by atoms with Gasteiger partial charge < -0.3 is 15.8 Å². The number of carbonyl (C=O) groups excluding carboxylic acids is 1. The highest BCUT2D eigenvalue weighted by molar-refractivity contribution is 5.90. The number of amides is 1. The van der Waals surface area contributed by atoms with Crippen LogP contribution in [-0.2, 0) is 16.6 Å². The molecule has 2 aromatic carbocycles. The zero-order chi connectivity index (χ0) is 20.9. The molecule has 29 heavy (non-hydrogen) atoms. The Morgan fingerprint density at radius 3 is 2.55 bits per heavy atom. The van der Waals surface area contributed by atoms with Crippen LogP contribution < -0.4 is 15.8 Å². The van der Waals surface area contributed by atoms with Gasteiger partial charge in [-0.25, -0.2) is 4.98 Å². The summed E-state index contributed by atoms with van der Waals surface area (Å²) in [5.74, 6) is 1.73. The van der Waals surface area contributed by atoms with Gasteiger partial charge in [0.25, 0.3) is 0 Å². The molecule has 0 saturated carbocycles. The lowest BCUT2D eigenvalue weighted by Gasteiger charge is -2.19. The van der Waals surface area contributed by atoms with Crippen LogP contribution in [-0.4, -0.2) is 10.9 Å². The molecule has 150 valence electrons. The van der Waals surface area contributed by atoms with Gasteiger partial charge in [-0.3, -0.25) is 4.79 Å². The predicted molar refractivity (Wildman–Crippen MR) is 117 cm³/mol. The van der Waals surface area contributed by atoms with Crippen molar-refractivity contribution < 1.29 is 9.53 Å². The van der Waals surface area contributed by atoms with Crippen molar-refractivity contribution in [2.75, 3.05) is 11.1 Å². The van der Waals surface area contributed by atoms with Gasteiger partial charge in [0, 0.05) is 24.4 Å². The van der Waals surface area contributed by atoms with E-state index in [1.165, 1.54) is 5.56 Å². The number of anilines is 2. The maximum Gasteiger partial charge on any atom is 0.224 e. The second-order valence-electron chi connectivity index (χ2n) is 8.04. The molecule has 1 amide bonds. The van der Waals surface area contributed by atoms with Crippen LogP contribution in [0.1, 0.15) is 38.3 Å². The van der Waals surface area contributed by atoms with Crippen molar-refractivity contribution in [3.05, 3.63) is 78.0 Å². The lowest BCUT2D eigenvalue weighted by Crippen LogP contribution is -2.15. The van der Waals surface area contributed by atoms with E-state index >= 15 is 0 Å². The van der Waals surface area contributed by atoms with Crippen LogP contribution in [0.15, 0.2) is 66.9 Å². The Labute approximate surface area is 171 Å². The average Bonchev–Trinajstić information content (AvgIpc) is 2.66. The second kappa shape index (κ2) is 8.78. The SMILES string of the molecule is CC(C)(C)c1cccc(NC(=O)CCc2cccc(Oc3ccnc(N)c3)c2)c1. The highest BCUT2D eigenvalue weighted by Crippen LogP contribution is 2.25. The molecule has 5 heteroatoms. The van der Waals surface area contributed by atoms with Crippen molar-refractivity contribution in [1.29, 1.82) is 0 Å². The molecule has 0 aliphatic heterocycles. The number of rotatable bonds is 6. The third-order valence-electron chi connectivity index (χ3n) is 4.54. The maximum atomic E-state index is 12.4. The first-order valence-electron chi connectivity index (χ1n) is 9.68. The molecule has 0 fully saturated rings. The fourth-order valence-corrected chi connectivity index (χ4v) is 2.94. The second-order valence-corrected chi connectivity index (χ2v) is 8.04. The van der Waals surface area contributed by atoms with Gasteiger partial charge in [0.05, 0.1) is 0 Å². The van der Waals surface area contributed by atoms with Gasteiger partial charge in [0.2, 0.25) is 5.91 Å². The number of nitrogens with zero attached hydrogens (tertiary/aromatic N) is 1. The van der Waals surface area contributed by atoms with Gasteiger partial charge in [0.1, 0.15) is 17.3 Å². The van der Waals surface area contributed by atoms with Crippen molar-refractivity contribution in [3.63, 3.8) is 0 Å². The van der Waals surface area contributed by atoms with Crippen LogP contribution in [0.4, 0.5) is 11.5 Å². The van der Waals surface area contributed by atoms with Crippen LogP contribution in [0.25, 0.3) is 0 Å². The summed E-state index contributed by atoms with van der Waals surface area (Å²) in [6, 6.07) is 19.1. The molecule has 3 rings (SSSR count). The van der Waals surface area contributed by atoms with Crippen molar-refractivity contribution in [2.45, 2.75) is 39.0 Å². The van der Waals surface area contributed by atoms with E-state index in [2.05, 4.69) is 37.1 Å². The Bertz CT molecular complexity index is 993. The van der Waals surface area contributed by atoms with Gasteiger partial charge in [-0.2, -0.15) is 0 Å². The molecule has 5 nitrogen and oxygen atoms in total. The van der Waals surface area contributed by atoms with Gasteiger partial charge >= 0.3 is 0 Å². The molecule has 0 spiro atoms. The summed E-state index contributed by atoms with van der Waals surface area (Å²) in [5, 5.41) is 2.99. The Morgan fingerprint density at radius 1 is 1.03 bits per heavy atom. The average molecular weight is 389 g/mol. The normalized spacial score (nSPS) is 11.1. The molecular formula is C24H27N3O2. The Balaban J connectivity index is 1.58. The first-order valence-corrected chi connectivity index (χ1v) is 9.68. The number of ether oxygens (including phenoxy) is 1. The zero-order valence-electron chi connectivity index (χ0n) is 17.1. The molecule has 3 N–H and O–H groups in total. The van der Waals surface area contributed by atoms with Crippen LogP contribution in [0.5, 0.6) is 11.5 Å². The van der Waals surface area contributed by atoms with Gasteiger partial charge in [-0.15, -0.1) is 0 Å². The topological polar surface area (TPSA) is 77.2 Å². The molecular weight excluding hydrogens is 362 g/mol. The van der Waals surface area contributed by atoms with E-state index in [0.717, 1.165) is 11.3 Å². The van der Waals surface area contributed by atoms with Crippen molar-refractivity contribution >= 4 is 17.4 Å². The van der Waals surface area contributed by atoms with Gasteiger partial charge in [-0.1, -0.05) is 45.0 Å². The highest BCUT2D eigenvalue weighted by Gasteiger charge is 2.14. The fourth-order valence-electron chi connectivity index (χ4n) is 2.94. The Kier molecular flexibility index (Phi) is 6.17. The standard InChI is InChI=1S/C24H27N3O2/c1-24(2,3)18-7-5-8-19(15-18)27-23(28)11-10-17-6-4-9-20(14-17)29-21-12-13-26-22(25)16-21/h4-9,12-16H,10-11H2,1-3H3,(H2,25,26)(H,27,28). The predicted octanol–water partition coefficient (Wildman–Crippen LogP) is 5.32. The molecule has 0 atom stereocenters. The van der Waals surface area contributed by atoms with Crippen LogP contribution in [0, 0.1) is 0 Å². The summed E-state index contributed by atoms with van der Waals surface area (Å²) in [7, 11) is 0. The molecule has 0 saturated heterocycles. The number of nitrogens with two attached hydrogens (primary N) is 1. The number of nitrogens with one attached hydrogen (secondary N) is 1. The van der Waals surface area contributed by atoms with Crippen LogP contribution in [0.2, 0.25) is 0 Å². The Hall–Kier alpha value is -3.34. The summed E-state index contributed by atoms with van der Waals surface area (Å²) in [6.07, 6.45) is 2.62. The first kappa shape index (κ1) is 20.4. The number of aryl methyl sites for hydroxylation is 1. The molecule has 0 aliphatic rings. The maximum absolute atomic E-state index is 12.4. The summed E-state index contributed by atoms with van der Waals surface area (Å²) >= 11 is 0. The molecule has 0 unspecified atom stereocenters. The van der Waals surface area contributed by atoms with Crippen LogP contribution >= 0.6 is 0 Å². The number of nitrogen functional groups attached to an aromatic ring is 1. The smallest absolute Gasteiger partial charge is 0.224 e. The number of hydrogen-bond donors (Lipinski definition) is 2. The number of pyridine rings is 1. The summed E-state index contributed by atoms with van der Waals surface area (Å²) in [4.78, 5) is 16.4. The molecule has 3 aromatic rings. The van der Waals surface area contributed by atoms with Gasteiger partial charge in [0.15, 0.2) is 0 Å². The molecule has 0 aliphatic carbocycles. The quantitative estimate of drug-likeness (QED) is 0.598. The highest BCUT2D eigenvalue weighted by atomic mass is 16.5. The minimum atomic E-state index is -0.00992. The fraction of sp³-hybridized carbons (Fsp3) is 0.250. The number of carbonyl (C=O) groups is 1. The number of benzene rings is 2. The van der Waals surface area contributed by atoms with Crippen molar-refractivity contribution in [3.8, 4) is 11.5 Å². The van der Waals surface area contributed by atoms with E-state index in [0.29, 0.717) is 30.2 Å². The van der Waals surface area contributed by atoms with E-state index in [1.807, 2.05) is 42.5 Å². The van der Waals surface area contributed by atoms with E-state index < -0.39 is 0 Å². The third kappa shape index (κ3) is 6.07. The number of aromatic nitrogens is 1. The third-order valence-corrected chi connectivity index (χ3v) is 4.54. The lowest BCUT2D eigenvalue weighted by molar-refractivity contribution is -0.116. The molecule has 0 radical (unpaired) electrons. The minimum Gasteiger partial charge on any atom is -0.457 e. The zero-order valence-corrected chi connectivity index (χ0v) is 17.1. The molecule has 1 aromatic heterocycles. The van der Waals surface area contributed by atoms with Crippen LogP contribution in [0.3, 0.4) is 0 Å². The largest absolute Gasteiger partial charge is 0.457 e.